The molecule has 0 heterocycles. The number of hydrogen-bond donors (Lipinski definition) is 1. The van der Waals surface area contributed by atoms with Crippen LogP contribution in [0.4, 0.5) is 17.6 Å². The Morgan fingerprint density at radius 2 is 2.11 bits per heavy atom. The van der Waals surface area contributed by atoms with Gasteiger partial charge in [-0.2, -0.15) is 13.2 Å². The first-order chi connectivity index (χ1) is 8.06. The summed E-state index contributed by atoms with van der Waals surface area (Å²) in [5.41, 5.74) is -1.85. The first-order valence-corrected chi connectivity index (χ1v) is 6.56. The zero-order chi connectivity index (χ0) is 14.1. The van der Waals surface area contributed by atoms with Crippen LogP contribution >= 0.6 is 10.7 Å². The lowest BCUT2D eigenvalue weighted by Crippen LogP contribution is -2.55. The van der Waals surface area contributed by atoms with Gasteiger partial charge >= 0.3 is 12.1 Å². The number of carbonyl (C=O) groups is 1. The Balaban J connectivity index is 2.89. The third-order valence-electron chi connectivity index (χ3n) is 2.30. The van der Waals surface area contributed by atoms with Gasteiger partial charge in [0.15, 0.2) is 0 Å². The SMILES string of the molecule is CC1(NC(=O)C(F)(F)F)C=CC(S(=O)Cl)=CC1F. The van der Waals surface area contributed by atoms with Crippen LogP contribution in [0.15, 0.2) is 23.1 Å². The van der Waals surface area contributed by atoms with Crippen LogP contribution in [-0.2, 0) is 14.8 Å². The van der Waals surface area contributed by atoms with Gasteiger partial charge in [-0.15, -0.1) is 0 Å². The predicted octanol–water partition coefficient (Wildman–Crippen LogP) is 2.12. The summed E-state index contributed by atoms with van der Waals surface area (Å²) in [7, 11) is 3.25. The van der Waals surface area contributed by atoms with Crippen molar-refractivity contribution in [3.8, 4) is 0 Å². The van der Waals surface area contributed by atoms with Crippen LogP contribution in [0.1, 0.15) is 6.92 Å². The van der Waals surface area contributed by atoms with Crippen molar-refractivity contribution in [2.24, 2.45) is 0 Å². The summed E-state index contributed by atoms with van der Waals surface area (Å²) in [6, 6.07) is 0. The molecule has 1 aliphatic rings. The van der Waals surface area contributed by atoms with Crippen molar-refractivity contribution in [1.82, 2.24) is 5.32 Å². The van der Waals surface area contributed by atoms with Crippen LogP contribution in [0.2, 0.25) is 0 Å². The second-order valence-electron chi connectivity index (χ2n) is 3.76. The summed E-state index contributed by atoms with van der Waals surface area (Å²) in [5.74, 6) is -2.25. The second-order valence-corrected chi connectivity index (χ2v) is 5.52. The van der Waals surface area contributed by atoms with E-state index in [1.165, 1.54) is 5.32 Å². The number of carbonyl (C=O) groups excluding carboxylic acids is 1. The predicted molar refractivity (Wildman–Crippen MR) is 58.7 cm³/mol. The maximum Gasteiger partial charge on any atom is 0.471 e. The smallest absolute Gasteiger partial charge is 0.336 e. The number of amides is 1. The van der Waals surface area contributed by atoms with Crippen molar-refractivity contribution in [3.63, 3.8) is 0 Å². The third kappa shape index (κ3) is 3.32. The van der Waals surface area contributed by atoms with E-state index in [4.69, 9.17) is 10.7 Å². The summed E-state index contributed by atoms with van der Waals surface area (Å²) < 4.78 is 60.7. The Morgan fingerprint density at radius 1 is 1.56 bits per heavy atom. The molecule has 1 rings (SSSR count). The summed E-state index contributed by atoms with van der Waals surface area (Å²) in [4.78, 5) is 10.7. The molecule has 0 aliphatic heterocycles. The van der Waals surface area contributed by atoms with Crippen molar-refractivity contribution in [2.75, 3.05) is 0 Å². The zero-order valence-electron chi connectivity index (χ0n) is 8.92. The molecule has 3 nitrogen and oxygen atoms in total. The normalized spacial score (nSPS) is 29.7. The molecule has 0 aromatic carbocycles. The first-order valence-electron chi connectivity index (χ1n) is 4.59. The number of hydrogen-bond acceptors (Lipinski definition) is 2. The van der Waals surface area contributed by atoms with Crippen molar-refractivity contribution < 1.29 is 26.6 Å². The lowest BCUT2D eigenvalue weighted by Gasteiger charge is -2.32. The average molecular weight is 306 g/mol. The van der Waals surface area contributed by atoms with E-state index in [-0.39, 0.29) is 4.91 Å². The Hall–Kier alpha value is -0.890. The van der Waals surface area contributed by atoms with E-state index < -0.39 is 33.8 Å². The highest BCUT2D eigenvalue weighted by Crippen LogP contribution is 2.28. The Kier molecular flexibility index (Phi) is 4.22. The fourth-order valence-corrected chi connectivity index (χ4v) is 1.96. The molecule has 0 saturated heterocycles. The van der Waals surface area contributed by atoms with E-state index in [1.807, 2.05) is 0 Å². The van der Waals surface area contributed by atoms with Crippen molar-refractivity contribution in [2.45, 2.75) is 24.8 Å². The molecule has 0 aromatic rings. The summed E-state index contributed by atoms with van der Waals surface area (Å²) in [6.45, 7) is 1.07. The third-order valence-corrected chi connectivity index (χ3v) is 3.48. The second kappa shape index (κ2) is 5.00. The minimum atomic E-state index is -5.10. The van der Waals surface area contributed by atoms with E-state index in [1.54, 1.807) is 0 Å². The van der Waals surface area contributed by atoms with Crippen molar-refractivity contribution in [3.05, 3.63) is 23.1 Å². The van der Waals surface area contributed by atoms with Gasteiger partial charge in [0.2, 0.25) is 0 Å². The zero-order valence-corrected chi connectivity index (χ0v) is 10.5. The van der Waals surface area contributed by atoms with Gasteiger partial charge in [-0.05, 0) is 29.8 Å². The quantitative estimate of drug-likeness (QED) is 0.627. The van der Waals surface area contributed by atoms with Gasteiger partial charge in [-0.3, -0.25) is 4.79 Å². The molecule has 9 heteroatoms. The van der Waals surface area contributed by atoms with E-state index in [9.17, 15) is 26.6 Å². The Morgan fingerprint density at radius 3 is 2.50 bits per heavy atom. The molecule has 0 fully saturated rings. The van der Waals surface area contributed by atoms with Crippen LogP contribution in [0.25, 0.3) is 0 Å². The summed E-state index contributed by atoms with van der Waals surface area (Å²) in [5, 5.41) is 1.53. The highest BCUT2D eigenvalue weighted by molar-refractivity contribution is 8.11. The molecule has 102 valence electrons. The molecule has 1 aliphatic carbocycles. The standard InChI is InChI=1S/C9H8ClF4NO2S/c1-8(15-7(16)9(12,13)14)3-2-5(18(10)17)4-6(8)11/h2-4,6H,1H3,(H,15,16). The molecule has 1 N–H and O–H groups in total. The first kappa shape index (κ1) is 15.2. The molecule has 0 aromatic heterocycles. The van der Waals surface area contributed by atoms with Gasteiger partial charge in [-0.25, -0.2) is 8.60 Å². The maximum absolute atomic E-state index is 13.7. The molecule has 18 heavy (non-hydrogen) atoms. The number of nitrogens with one attached hydrogen (secondary N) is 1. The largest absolute Gasteiger partial charge is 0.471 e. The highest BCUT2D eigenvalue weighted by atomic mass is 35.7. The molecular formula is C9H8ClF4NO2S. The minimum absolute atomic E-state index is 0.0668. The highest BCUT2D eigenvalue weighted by Gasteiger charge is 2.45. The number of allylic oxidation sites excluding steroid dienone is 1. The summed E-state index contributed by atoms with van der Waals surface area (Å²) in [6.07, 6.45) is -4.17. The molecule has 0 bridgehead atoms. The van der Waals surface area contributed by atoms with E-state index in [0.29, 0.717) is 0 Å². The van der Waals surface area contributed by atoms with E-state index >= 15 is 0 Å². The number of halogens is 5. The summed E-state index contributed by atoms with van der Waals surface area (Å²) >= 11 is 0. The van der Waals surface area contributed by atoms with Crippen LogP contribution < -0.4 is 5.32 Å². The van der Waals surface area contributed by atoms with Gasteiger partial charge in [-0.1, -0.05) is 6.08 Å². The molecule has 3 atom stereocenters. The van der Waals surface area contributed by atoms with Gasteiger partial charge in [0, 0.05) is 0 Å². The Labute approximate surface area is 107 Å². The van der Waals surface area contributed by atoms with Crippen molar-refractivity contribution >= 4 is 26.6 Å². The van der Waals surface area contributed by atoms with Crippen LogP contribution in [-0.4, -0.2) is 28.0 Å². The monoisotopic (exact) mass is 305 g/mol. The van der Waals surface area contributed by atoms with Gasteiger partial charge in [0.05, 0.1) is 10.4 Å². The molecule has 1 amide bonds. The number of rotatable bonds is 2. The molecule has 0 saturated carbocycles. The van der Waals surface area contributed by atoms with Gasteiger partial charge in [0.1, 0.15) is 16.2 Å². The van der Waals surface area contributed by atoms with E-state index in [2.05, 4.69) is 0 Å². The van der Waals surface area contributed by atoms with Crippen molar-refractivity contribution in [1.29, 1.82) is 0 Å². The molecule has 0 spiro atoms. The van der Waals surface area contributed by atoms with Crippen LogP contribution in [0, 0.1) is 0 Å². The van der Waals surface area contributed by atoms with E-state index in [0.717, 1.165) is 25.2 Å². The van der Waals surface area contributed by atoms with Gasteiger partial charge in [0.25, 0.3) is 0 Å². The maximum atomic E-state index is 13.7. The van der Waals surface area contributed by atoms with Gasteiger partial charge < -0.3 is 5.32 Å². The topological polar surface area (TPSA) is 46.2 Å². The molecular weight excluding hydrogens is 298 g/mol. The average Bonchev–Trinajstić information content (AvgIpc) is 2.20. The molecule has 3 unspecified atom stereocenters. The lowest BCUT2D eigenvalue weighted by atomic mass is 9.91. The fourth-order valence-electron chi connectivity index (χ4n) is 1.25. The molecule has 0 radical (unpaired) electrons. The Bertz CT molecular complexity index is 448. The van der Waals surface area contributed by atoms with Crippen LogP contribution in [0.3, 0.4) is 0 Å². The lowest BCUT2D eigenvalue weighted by molar-refractivity contribution is -0.175. The minimum Gasteiger partial charge on any atom is -0.336 e. The van der Waals surface area contributed by atoms with Crippen LogP contribution in [0.5, 0.6) is 0 Å². The fraction of sp³-hybridized carbons (Fsp3) is 0.444. The number of alkyl halides is 4.